The van der Waals surface area contributed by atoms with E-state index < -0.39 is 23.3 Å². The van der Waals surface area contributed by atoms with Crippen molar-refractivity contribution in [1.82, 2.24) is 0 Å². The van der Waals surface area contributed by atoms with E-state index in [2.05, 4.69) is 0 Å². The summed E-state index contributed by atoms with van der Waals surface area (Å²) in [6.07, 6.45) is 1.91. The lowest BCUT2D eigenvalue weighted by Crippen LogP contribution is -2.11. The Kier molecular flexibility index (Phi) is 4.71. The van der Waals surface area contributed by atoms with Gasteiger partial charge in [0, 0.05) is 16.5 Å². The van der Waals surface area contributed by atoms with Crippen LogP contribution in [0.4, 0.5) is 8.78 Å². The standard InChI is InChI=1S/C16H11F2NOS/c1-21-14-4-2-10(3-5-14)16(20)15(9-19)11-6-12(17)8-13(18)7-11/h2-8,15H,1H3. The average Bonchev–Trinajstić information content (AvgIpc) is 2.47. The normalized spacial score (nSPS) is 11.7. The molecule has 1 atom stereocenters. The number of nitrogens with zero attached hydrogens (tertiary/aromatic N) is 1. The van der Waals surface area contributed by atoms with Crippen LogP contribution in [0.2, 0.25) is 0 Å². The van der Waals surface area contributed by atoms with E-state index >= 15 is 0 Å². The van der Waals surface area contributed by atoms with Gasteiger partial charge in [0.15, 0.2) is 5.78 Å². The lowest BCUT2D eigenvalue weighted by atomic mass is 9.92. The molecule has 2 aromatic carbocycles. The van der Waals surface area contributed by atoms with E-state index in [9.17, 15) is 18.8 Å². The van der Waals surface area contributed by atoms with E-state index in [1.807, 2.05) is 12.3 Å². The van der Waals surface area contributed by atoms with Crippen molar-refractivity contribution in [3.8, 4) is 6.07 Å². The highest BCUT2D eigenvalue weighted by Crippen LogP contribution is 2.24. The van der Waals surface area contributed by atoms with Crippen molar-refractivity contribution in [2.75, 3.05) is 6.26 Å². The fourth-order valence-electron chi connectivity index (χ4n) is 1.95. The molecule has 2 aromatic rings. The van der Waals surface area contributed by atoms with Crippen LogP contribution in [0.25, 0.3) is 0 Å². The number of carbonyl (C=O) groups excluding carboxylic acids is 1. The molecule has 0 amide bonds. The maximum atomic E-state index is 13.2. The Morgan fingerprint density at radius 1 is 1.14 bits per heavy atom. The maximum Gasteiger partial charge on any atom is 0.184 e. The molecular formula is C16H11F2NOS. The molecule has 2 rings (SSSR count). The Hall–Kier alpha value is -2.19. The maximum absolute atomic E-state index is 13.2. The summed E-state index contributed by atoms with van der Waals surface area (Å²) in [5, 5.41) is 9.17. The number of nitriles is 1. The first-order chi connectivity index (χ1) is 10.0. The van der Waals surface area contributed by atoms with Crippen molar-refractivity contribution in [2.24, 2.45) is 0 Å². The molecule has 0 radical (unpaired) electrons. The molecule has 0 saturated carbocycles. The van der Waals surface area contributed by atoms with Crippen LogP contribution >= 0.6 is 11.8 Å². The van der Waals surface area contributed by atoms with Crippen LogP contribution in [0.1, 0.15) is 21.8 Å². The number of hydrogen-bond donors (Lipinski definition) is 0. The topological polar surface area (TPSA) is 40.9 Å². The van der Waals surface area contributed by atoms with Crippen LogP contribution in [0.15, 0.2) is 47.4 Å². The van der Waals surface area contributed by atoms with E-state index in [0.29, 0.717) is 11.6 Å². The average molecular weight is 303 g/mol. The van der Waals surface area contributed by atoms with E-state index in [1.165, 1.54) is 11.8 Å². The smallest absolute Gasteiger partial charge is 0.184 e. The largest absolute Gasteiger partial charge is 0.292 e. The number of benzene rings is 2. The summed E-state index contributed by atoms with van der Waals surface area (Å²) in [5.41, 5.74) is 0.359. The zero-order chi connectivity index (χ0) is 15.4. The zero-order valence-corrected chi connectivity index (χ0v) is 12.0. The van der Waals surface area contributed by atoms with Gasteiger partial charge in [-0.3, -0.25) is 4.79 Å². The molecule has 1 unspecified atom stereocenters. The van der Waals surface area contributed by atoms with Crippen LogP contribution < -0.4 is 0 Å². The predicted octanol–water partition coefficient (Wildman–Crippen LogP) is 4.18. The molecule has 0 fully saturated rings. The third-order valence-corrected chi connectivity index (χ3v) is 3.73. The monoisotopic (exact) mass is 303 g/mol. The van der Waals surface area contributed by atoms with Gasteiger partial charge < -0.3 is 0 Å². The number of Topliss-reactive ketones (excluding diaryl/α,β-unsaturated/α-hetero) is 1. The van der Waals surface area contributed by atoms with E-state index in [0.717, 1.165) is 17.0 Å². The molecule has 0 bridgehead atoms. The minimum absolute atomic E-state index is 0.0222. The third kappa shape index (κ3) is 3.47. The molecule has 0 saturated heterocycles. The summed E-state index contributed by atoms with van der Waals surface area (Å²) in [6, 6.07) is 11.3. The molecule has 21 heavy (non-hydrogen) atoms. The quantitative estimate of drug-likeness (QED) is 0.628. The molecule has 0 N–H and O–H groups in total. The molecule has 2 nitrogen and oxygen atoms in total. The Balaban J connectivity index is 2.36. The minimum atomic E-state index is -1.23. The van der Waals surface area contributed by atoms with Crippen LogP contribution in [-0.4, -0.2) is 12.0 Å². The molecular weight excluding hydrogens is 292 g/mol. The molecule has 0 aliphatic heterocycles. The van der Waals surface area contributed by atoms with Gasteiger partial charge in [-0.2, -0.15) is 5.26 Å². The number of thioether (sulfide) groups is 1. The van der Waals surface area contributed by atoms with Crippen LogP contribution in [-0.2, 0) is 0 Å². The number of halogens is 2. The Labute approximate surface area is 125 Å². The molecule has 0 aliphatic carbocycles. The van der Waals surface area contributed by atoms with Crippen LogP contribution in [0.3, 0.4) is 0 Å². The lowest BCUT2D eigenvalue weighted by molar-refractivity contribution is 0.0978. The van der Waals surface area contributed by atoms with Crippen molar-refractivity contribution in [3.05, 3.63) is 65.2 Å². The SMILES string of the molecule is CSc1ccc(C(=O)C(C#N)c2cc(F)cc(F)c2)cc1. The molecule has 0 spiro atoms. The molecule has 0 aliphatic rings. The number of ketones is 1. The Bertz CT molecular complexity index is 687. The van der Waals surface area contributed by atoms with Crippen molar-refractivity contribution in [1.29, 1.82) is 5.26 Å². The van der Waals surface area contributed by atoms with E-state index in [4.69, 9.17) is 0 Å². The number of carbonyl (C=O) groups is 1. The molecule has 106 valence electrons. The molecule has 0 aromatic heterocycles. The van der Waals surface area contributed by atoms with E-state index in [1.54, 1.807) is 24.3 Å². The first kappa shape index (κ1) is 15.2. The first-order valence-corrected chi connectivity index (χ1v) is 7.31. The van der Waals surface area contributed by atoms with E-state index in [-0.39, 0.29) is 5.56 Å². The Morgan fingerprint density at radius 2 is 1.71 bits per heavy atom. The first-order valence-electron chi connectivity index (χ1n) is 6.09. The molecule has 5 heteroatoms. The lowest BCUT2D eigenvalue weighted by Gasteiger charge is -2.09. The van der Waals surface area contributed by atoms with Gasteiger partial charge in [-0.05, 0) is 36.1 Å². The van der Waals surface area contributed by atoms with Crippen LogP contribution in [0, 0.1) is 23.0 Å². The zero-order valence-electron chi connectivity index (χ0n) is 11.1. The van der Waals surface area contributed by atoms with Gasteiger partial charge in [0.1, 0.15) is 17.6 Å². The van der Waals surface area contributed by atoms with Gasteiger partial charge in [-0.15, -0.1) is 11.8 Å². The number of hydrogen-bond acceptors (Lipinski definition) is 3. The summed E-state index contributed by atoms with van der Waals surface area (Å²) in [4.78, 5) is 13.3. The van der Waals surface area contributed by atoms with Crippen molar-refractivity contribution >= 4 is 17.5 Å². The fraction of sp³-hybridized carbons (Fsp3) is 0.125. The van der Waals surface area contributed by atoms with Crippen molar-refractivity contribution in [2.45, 2.75) is 10.8 Å². The summed E-state index contributed by atoms with van der Waals surface area (Å²) < 4.78 is 26.5. The second-order valence-electron chi connectivity index (χ2n) is 4.36. The number of rotatable bonds is 4. The predicted molar refractivity (Wildman–Crippen MR) is 77.3 cm³/mol. The van der Waals surface area contributed by atoms with Gasteiger partial charge in [0.2, 0.25) is 0 Å². The van der Waals surface area contributed by atoms with Gasteiger partial charge in [-0.25, -0.2) is 8.78 Å². The van der Waals surface area contributed by atoms with Crippen molar-refractivity contribution in [3.63, 3.8) is 0 Å². The second-order valence-corrected chi connectivity index (χ2v) is 5.24. The summed E-state index contributed by atoms with van der Waals surface area (Å²) in [5.74, 6) is -3.32. The summed E-state index contributed by atoms with van der Waals surface area (Å²) in [7, 11) is 0. The van der Waals surface area contributed by atoms with Crippen molar-refractivity contribution < 1.29 is 13.6 Å². The van der Waals surface area contributed by atoms with Gasteiger partial charge >= 0.3 is 0 Å². The molecule has 0 heterocycles. The third-order valence-electron chi connectivity index (χ3n) is 2.98. The highest BCUT2D eigenvalue weighted by atomic mass is 32.2. The summed E-state index contributed by atoms with van der Waals surface area (Å²) in [6.45, 7) is 0. The highest BCUT2D eigenvalue weighted by Gasteiger charge is 2.23. The van der Waals surface area contributed by atoms with Gasteiger partial charge in [0.25, 0.3) is 0 Å². The van der Waals surface area contributed by atoms with Crippen LogP contribution in [0.5, 0.6) is 0 Å². The highest BCUT2D eigenvalue weighted by molar-refractivity contribution is 7.98. The minimum Gasteiger partial charge on any atom is -0.292 e. The second kappa shape index (κ2) is 6.51. The summed E-state index contributed by atoms with van der Waals surface area (Å²) >= 11 is 1.53. The fourth-order valence-corrected chi connectivity index (χ4v) is 2.36. The van der Waals surface area contributed by atoms with Gasteiger partial charge in [-0.1, -0.05) is 12.1 Å². The Morgan fingerprint density at radius 3 is 2.19 bits per heavy atom. The van der Waals surface area contributed by atoms with Gasteiger partial charge in [0.05, 0.1) is 6.07 Å².